The maximum absolute atomic E-state index is 14.0. The van der Waals surface area contributed by atoms with E-state index in [1.165, 1.54) is 18.2 Å². The average molecular weight is 558 g/mol. The van der Waals surface area contributed by atoms with Crippen LogP contribution in [0.1, 0.15) is 53.9 Å². The van der Waals surface area contributed by atoms with Crippen molar-refractivity contribution in [3.8, 4) is 11.4 Å². The van der Waals surface area contributed by atoms with Gasteiger partial charge in [-0.1, -0.05) is 54.1 Å². The minimum atomic E-state index is -4.82. The molecular weight excluding hydrogens is 535 g/mol. The van der Waals surface area contributed by atoms with Gasteiger partial charge < -0.3 is 14.2 Å². The highest BCUT2D eigenvalue weighted by atomic mass is 35.5. The van der Waals surface area contributed by atoms with Gasteiger partial charge in [0.25, 0.3) is 0 Å². The molecule has 1 aliphatic heterocycles. The Labute approximate surface area is 227 Å². The van der Waals surface area contributed by atoms with Gasteiger partial charge in [-0.3, -0.25) is 9.36 Å². The minimum absolute atomic E-state index is 0.103. The summed E-state index contributed by atoms with van der Waals surface area (Å²) in [4.78, 5) is 12.5. The van der Waals surface area contributed by atoms with Crippen LogP contribution in [0.15, 0.2) is 72.8 Å². The zero-order valence-electron chi connectivity index (χ0n) is 20.7. The fourth-order valence-corrected chi connectivity index (χ4v) is 4.62. The molecule has 4 aromatic rings. The molecule has 0 N–H and O–H groups in total. The third-order valence-electron chi connectivity index (χ3n) is 6.11. The normalized spacial score (nSPS) is 16.6. The van der Waals surface area contributed by atoms with Gasteiger partial charge in [0.2, 0.25) is 5.82 Å². The van der Waals surface area contributed by atoms with Crippen molar-refractivity contribution in [3.63, 3.8) is 0 Å². The van der Waals surface area contributed by atoms with Gasteiger partial charge in [0.15, 0.2) is 5.82 Å². The molecule has 2 heterocycles. The van der Waals surface area contributed by atoms with E-state index in [-0.39, 0.29) is 24.5 Å². The first-order valence-corrected chi connectivity index (χ1v) is 12.5. The smallest absolute Gasteiger partial charge is 0.452 e. The van der Waals surface area contributed by atoms with E-state index in [0.717, 1.165) is 10.1 Å². The molecule has 2 atom stereocenters. The number of hydrogen-bond donors (Lipinski definition) is 0. The monoisotopic (exact) mass is 557 g/mol. The van der Waals surface area contributed by atoms with Crippen LogP contribution in [0, 0.1) is 0 Å². The number of ether oxygens (including phenoxy) is 3. The second-order valence-corrected chi connectivity index (χ2v) is 9.22. The van der Waals surface area contributed by atoms with Gasteiger partial charge in [-0.15, -0.1) is 10.2 Å². The fraction of sp³-hybridized carbons (Fsp3) is 0.250. The number of alkyl halides is 3. The molecule has 39 heavy (non-hydrogen) atoms. The lowest BCUT2D eigenvalue weighted by Crippen LogP contribution is -2.18. The van der Waals surface area contributed by atoms with Crippen LogP contribution in [0.3, 0.4) is 0 Å². The van der Waals surface area contributed by atoms with Gasteiger partial charge in [-0.25, -0.2) is 0 Å². The summed E-state index contributed by atoms with van der Waals surface area (Å²) in [6, 6.07) is 21.1. The first-order valence-electron chi connectivity index (χ1n) is 12.1. The van der Waals surface area contributed by atoms with E-state index in [4.69, 9.17) is 25.8 Å². The molecule has 0 unspecified atom stereocenters. The van der Waals surface area contributed by atoms with Gasteiger partial charge in [-0.05, 0) is 48.4 Å². The molecular formula is C28H23ClF3N3O4. The Morgan fingerprint density at radius 2 is 1.85 bits per heavy atom. The highest BCUT2D eigenvalue weighted by Gasteiger charge is 2.43. The van der Waals surface area contributed by atoms with Crippen molar-refractivity contribution in [2.75, 3.05) is 6.61 Å². The number of hydrogen-bond acceptors (Lipinski definition) is 6. The van der Waals surface area contributed by atoms with E-state index in [0.29, 0.717) is 28.5 Å². The van der Waals surface area contributed by atoms with Crippen molar-refractivity contribution in [1.29, 1.82) is 0 Å². The predicted octanol–water partition coefficient (Wildman–Crippen LogP) is 6.63. The van der Waals surface area contributed by atoms with Gasteiger partial charge in [0.05, 0.1) is 18.7 Å². The molecule has 0 saturated carbocycles. The van der Waals surface area contributed by atoms with Crippen molar-refractivity contribution < 1.29 is 32.2 Å². The highest BCUT2D eigenvalue weighted by molar-refractivity contribution is 6.30. The summed E-state index contributed by atoms with van der Waals surface area (Å²) < 4.78 is 60.3. The maximum Gasteiger partial charge on any atom is 0.452 e. The Morgan fingerprint density at radius 1 is 1.05 bits per heavy atom. The van der Waals surface area contributed by atoms with E-state index in [9.17, 15) is 18.0 Å². The van der Waals surface area contributed by atoms with Crippen LogP contribution in [0.25, 0.3) is 5.69 Å². The van der Waals surface area contributed by atoms with Crippen molar-refractivity contribution in [2.45, 2.75) is 38.3 Å². The Balaban J connectivity index is 1.60. The van der Waals surface area contributed by atoms with Gasteiger partial charge in [-0.2, -0.15) is 13.2 Å². The minimum Gasteiger partial charge on any atom is -0.489 e. The summed E-state index contributed by atoms with van der Waals surface area (Å²) in [5.41, 5.74) is 2.04. The second-order valence-electron chi connectivity index (χ2n) is 8.78. The van der Waals surface area contributed by atoms with Gasteiger partial charge in [0.1, 0.15) is 24.6 Å². The topological polar surface area (TPSA) is 75.5 Å². The summed E-state index contributed by atoms with van der Waals surface area (Å²) >= 11 is 6.31. The standard InChI is InChI=1S/C28H23ClF3N3O4/c1-2-37-24(36)15-23-26-33-34-27(28(30,31)32)35(26)22-12-11-19(29)14-21(22)25(39-23)18-9-6-10-20(13-18)38-16-17-7-4-3-5-8-17/h3-14,23,25H,2,15-16H2,1H3/t23-,25-/m1/s1. The Bertz CT molecular complexity index is 1480. The van der Waals surface area contributed by atoms with Gasteiger partial charge >= 0.3 is 12.1 Å². The van der Waals surface area contributed by atoms with Crippen molar-refractivity contribution >= 4 is 17.6 Å². The summed E-state index contributed by atoms with van der Waals surface area (Å²) in [7, 11) is 0. The Hall–Kier alpha value is -3.89. The number of carbonyl (C=O) groups excluding carboxylic acids is 1. The van der Waals surface area contributed by atoms with Crippen LogP contribution >= 0.6 is 11.6 Å². The molecule has 7 nitrogen and oxygen atoms in total. The molecule has 1 aromatic heterocycles. The Kier molecular flexibility index (Phi) is 7.58. The van der Waals surface area contributed by atoms with E-state index < -0.39 is 30.2 Å². The van der Waals surface area contributed by atoms with Crippen molar-refractivity contribution in [3.05, 3.63) is 106 Å². The first kappa shape index (κ1) is 26.7. The molecule has 0 fully saturated rings. The van der Waals surface area contributed by atoms with E-state index in [2.05, 4.69) is 10.2 Å². The highest BCUT2D eigenvalue weighted by Crippen LogP contribution is 2.44. The molecule has 0 bridgehead atoms. The van der Waals surface area contributed by atoms with Crippen LogP contribution in [-0.2, 0) is 27.1 Å². The number of rotatable bonds is 7. The van der Waals surface area contributed by atoms with Crippen molar-refractivity contribution in [1.82, 2.24) is 14.8 Å². The number of benzene rings is 3. The molecule has 1 aliphatic rings. The molecule has 0 spiro atoms. The fourth-order valence-electron chi connectivity index (χ4n) is 4.44. The third-order valence-corrected chi connectivity index (χ3v) is 6.34. The van der Waals surface area contributed by atoms with Crippen LogP contribution in [-0.4, -0.2) is 27.3 Å². The quantitative estimate of drug-likeness (QED) is 0.237. The van der Waals surface area contributed by atoms with Crippen LogP contribution in [0.5, 0.6) is 5.75 Å². The van der Waals surface area contributed by atoms with Crippen LogP contribution in [0.4, 0.5) is 13.2 Å². The van der Waals surface area contributed by atoms with E-state index in [1.807, 2.05) is 30.3 Å². The number of carbonyl (C=O) groups is 1. The van der Waals surface area contributed by atoms with E-state index in [1.54, 1.807) is 31.2 Å². The molecule has 202 valence electrons. The first-order chi connectivity index (χ1) is 18.7. The average Bonchev–Trinajstić information content (AvgIpc) is 3.32. The number of esters is 1. The molecule has 0 radical (unpaired) electrons. The molecule has 0 amide bonds. The summed E-state index contributed by atoms with van der Waals surface area (Å²) in [6.45, 7) is 2.06. The lowest BCUT2D eigenvalue weighted by molar-refractivity contribution is -0.147. The lowest BCUT2D eigenvalue weighted by atomic mass is 9.99. The second kappa shape index (κ2) is 11.1. The molecule has 5 rings (SSSR count). The SMILES string of the molecule is CCOC(=O)C[C@H]1O[C@H](c2cccc(OCc3ccccc3)c2)c2cc(Cl)ccc2-n2c1nnc2C(F)(F)F. The van der Waals surface area contributed by atoms with Crippen molar-refractivity contribution in [2.24, 2.45) is 0 Å². The third kappa shape index (κ3) is 5.76. The molecule has 3 aromatic carbocycles. The number of halogens is 4. The predicted molar refractivity (Wildman–Crippen MR) is 136 cm³/mol. The zero-order chi connectivity index (χ0) is 27.6. The number of aromatic nitrogens is 3. The van der Waals surface area contributed by atoms with Crippen LogP contribution < -0.4 is 4.74 Å². The maximum atomic E-state index is 14.0. The summed E-state index contributed by atoms with van der Waals surface area (Å²) in [5.74, 6) is -1.52. The van der Waals surface area contributed by atoms with E-state index >= 15 is 0 Å². The molecule has 0 saturated heterocycles. The summed E-state index contributed by atoms with van der Waals surface area (Å²) in [6.07, 6.45) is -7.30. The number of nitrogens with zero attached hydrogens (tertiary/aromatic N) is 3. The zero-order valence-corrected chi connectivity index (χ0v) is 21.4. The lowest BCUT2D eigenvalue weighted by Gasteiger charge is -2.23. The summed E-state index contributed by atoms with van der Waals surface area (Å²) in [5, 5.41) is 7.51. The largest absolute Gasteiger partial charge is 0.489 e. The molecule has 0 aliphatic carbocycles. The van der Waals surface area contributed by atoms with Crippen LogP contribution in [0.2, 0.25) is 5.02 Å². The Morgan fingerprint density at radius 3 is 2.59 bits per heavy atom. The number of fused-ring (bicyclic) bond motifs is 3. The molecule has 11 heteroatoms. The van der Waals surface area contributed by atoms with Gasteiger partial charge in [0, 0.05) is 10.6 Å².